The molecule has 3 aliphatic rings. The molecule has 3 aliphatic heterocycles. The van der Waals surface area contributed by atoms with E-state index in [9.17, 15) is 12.8 Å². The summed E-state index contributed by atoms with van der Waals surface area (Å²) in [5.41, 5.74) is 2.76. The number of pyridine rings is 1. The number of hydrogen-bond donors (Lipinski definition) is 0. The SMILES string of the molecule is CS(=O)(=O)N1CCN(c2cc(F)nc(N3[C@H]4CCC[C@@H]3c3cnc(-c5ncccn5)nc3C4)c2)CC1. The van der Waals surface area contributed by atoms with Crippen molar-refractivity contribution in [3.05, 3.63) is 54.0 Å². The van der Waals surface area contributed by atoms with Gasteiger partial charge in [-0.1, -0.05) is 0 Å². The van der Waals surface area contributed by atoms with Crippen molar-refractivity contribution in [1.82, 2.24) is 29.2 Å². The van der Waals surface area contributed by atoms with E-state index in [1.54, 1.807) is 18.5 Å². The van der Waals surface area contributed by atoms with Gasteiger partial charge in [0, 0.05) is 80.6 Å². The lowest BCUT2D eigenvalue weighted by molar-refractivity contribution is 0.353. The Morgan fingerprint density at radius 2 is 1.75 bits per heavy atom. The van der Waals surface area contributed by atoms with Crippen LogP contribution in [0.5, 0.6) is 0 Å². The van der Waals surface area contributed by atoms with E-state index in [-0.39, 0.29) is 12.1 Å². The fourth-order valence-corrected chi connectivity index (χ4v) is 6.44. The molecule has 0 aromatic carbocycles. The molecule has 0 N–H and O–H groups in total. The highest BCUT2D eigenvalue weighted by molar-refractivity contribution is 7.88. The molecule has 2 fully saturated rings. The number of piperazine rings is 1. The van der Waals surface area contributed by atoms with Gasteiger partial charge in [-0.2, -0.15) is 8.70 Å². The number of fused-ring (bicyclic) bond motifs is 4. The molecule has 36 heavy (non-hydrogen) atoms. The third-order valence-corrected chi connectivity index (χ3v) is 8.60. The highest BCUT2D eigenvalue weighted by Crippen LogP contribution is 2.44. The van der Waals surface area contributed by atoms with Crippen molar-refractivity contribution in [2.24, 2.45) is 0 Å². The van der Waals surface area contributed by atoms with Gasteiger partial charge in [0.05, 0.1) is 18.0 Å². The summed E-state index contributed by atoms with van der Waals surface area (Å²) >= 11 is 0. The van der Waals surface area contributed by atoms with Crippen LogP contribution in [0, 0.1) is 5.95 Å². The molecule has 0 saturated carbocycles. The summed E-state index contributed by atoms with van der Waals surface area (Å²) in [6.07, 6.45) is 10.1. The van der Waals surface area contributed by atoms with Crippen LogP contribution in [0.4, 0.5) is 15.9 Å². The van der Waals surface area contributed by atoms with Crippen LogP contribution in [0.25, 0.3) is 11.6 Å². The average molecular weight is 511 g/mol. The lowest BCUT2D eigenvalue weighted by Gasteiger charge is -2.47. The van der Waals surface area contributed by atoms with E-state index >= 15 is 0 Å². The van der Waals surface area contributed by atoms with Crippen molar-refractivity contribution in [1.29, 1.82) is 0 Å². The number of anilines is 2. The number of rotatable bonds is 4. The van der Waals surface area contributed by atoms with Crippen molar-refractivity contribution in [3.8, 4) is 11.6 Å². The molecule has 6 heterocycles. The van der Waals surface area contributed by atoms with Gasteiger partial charge in [0.1, 0.15) is 5.82 Å². The second-order valence-corrected chi connectivity index (χ2v) is 11.5. The van der Waals surface area contributed by atoms with Crippen LogP contribution in [0.2, 0.25) is 0 Å². The molecular weight excluding hydrogens is 483 g/mol. The van der Waals surface area contributed by atoms with Crippen LogP contribution in [-0.4, -0.2) is 76.1 Å². The smallest absolute Gasteiger partial charge is 0.216 e. The Kier molecular flexibility index (Phi) is 5.79. The zero-order chi connectivity index (χ0) is 24.9. The first-order chi connectivity index (χ1) is 17.4. The Labute approximate surface area is 209 Å². The van der Waals surface area contributed by atoms with Crippen LogP contribution in [0.15, 0.2) is 36.8 Å². The van der Waals surface area contributed by atoms with Gasteiger partial charge in [0.15, 0.2) is 11.6 Å². The summed E-state index contributed by atoms with van der Waals surface area (Å²) in [5.74, 6) is 1.08. The van der Waals surface area contributed by atoms with E-state index in [0.717, 1.165) is 42.6 Å². The molecule has 0 aliphatic carbocycles. The van der Waals surface area contributed by atoms with Gasteiger partial charge in [-0.25, -0.2) is 33.3 Å². The van der Waals surface area contributed by atoms with Gasteiger partial charge >= 0.3 is 0 Å². The van der Waals surface area contributed by atoms with Gasteiger partial charge in [0.2, 0.25) is 16.0 Å². The number of sulfonamides is 1. The maximum atomic E-state index is 14.8. The first-order valence-electron chi connectivity index (χ1n) is 12.2. The Balaban J connectivity index is 1.30. The molecule has 0 unspecified atom stereocenters. The summed E-state index contributed by atoms with van der Waals surface area (Å²) < 4.78 is 40.0. The predicted molar refractivity (Wildman–Crippen MR) is 132 cm³/mol. The minimum Gasteiger partial charge on any atom is -0.369 e. The zero-order valence-corrected chi connectivity index (χ0v) is 20.8. The maximum absolute atomic E-state index is 14.8. The van der Waals surface area contributed by atoms with Crippen LogP contribution in [0.3, 0.4) is 0 Å². The third kappa shape index (κ3) is 4.28. The minimum absolute atomic E-state index is 0.0162. The van der Waals surface area contributed by atoms with E-state index in [1.165, 1.54) is 16.6 Å². The van der Waals surface area contributed by atoms with Crippen LogP contribution in [-0.2, 0) is 16.4 Å². The molecule has 0 radical (unpaired) electrons. The molecule has 3 aromatic rings. The van der Waals surface area contributed by atoms with Crippen molar-refractivity contribution in [2.45, 2.75) is 37.8 Å². The summed E-state index contributed by atoms with van der Waals surface area (Å²) in [7, 11) is -3.23. The fourth-order valence-electron chi connectivity index (χ4n) is 5.61. The van der Waals surface area contributed by atoms with Gasteiger partial charge in [-0.05, 0) is 25.3 Å². The second kappa shape index (κ2) is 9.00. The molecule has 2 bridgehead atoms. The lowest BCUT2D eigenvalue weighted by atomic mass is 9.82. The topological polar surface area (TPSA) is 108 Å². The lowest BCUT2D eigenvalue weighted by Crippen LogP contribution is -2.49. The van der Waals surface area contributed by atoms with Crippen LogP contribution >= 0.6 is 0 Å². The average Bonchev–Trinajstić information content (AvgIpc) is 2.88. The number of halogens is 1. The molecule has 6 rings (SSSR count). The van der Waals surface area contributed by atoms with Gasteiger partial charge in [0.25, 0.3) is 0 Å². The Morgan fingerprint density at radius 1 is 0.972 bits per heavy atom. The van der Waals surface area contributed by atoms with E-state index < -0.39 is 16.0 Å². The molecule has 2 saturated heterocycles. The van der Waals surface area contributed by atoms with Crippen molar-refractivity contribution >= 4 is 21.5 Å². The van der Waals surface area contributed by atoms with Gasteiger partial charge in [-0.15, -0.1) is 0 Å². The standard InChI is InChI=1S/C24H27FN8O2S/c1-36(34,35)32-10-8-31(9-11-32)17-13-21(25)30-22(14-17)33-16-4-2-5-20(33)18-15-28-24(29-19(18)12-16)23-26-6-3-7-27-23/h3,6-7,13-16,20H,2,4-5,8-12H2,1H3/t16-,20+/m0/s1. The molecule has 188 valence electrons. The van der Waals surface area contributed by atoms with Crippen molar-refractivity contribution in [3.63, 3.8) is 0 Å². The summed E-state index contributed by atoms with van der Waals surface area (Å²) in [6, 6.07) is 5.29. The Morgan fingerprint density at radius 3 is 2.50 bits per heavy atom. The molecule has 0 spiro atoms. The third-order valence-electron chi connectivity index (χ3n) is 7.30. The van der Waals surface area contributed by atoms with Crippen molar-refractivity contribution < 1.29 is 12.8 Å². The molecule has 3 aromatic heterocycles. The Hall–Kier alpha value is -3.25. The highest BCUT2D eigenvalue weighted by atomic mass is 32.2. The number of nitrogens with zero attached hydrogens (tertiary/aromatic N) is 8. The fraction of sp³-hybridized carbons (Fsp3) is 0.458. The van der Waals surface area contributed by atoms with E-state index in [2.05, 4.69) is 24.8 Å². The maximum Gasteiger partial charge on any atom is 0.216 e. The second-order valence-electron chi connectivity index (χ2n) is 9.54. The molecule has 12 heteroatoms. The number of piperidine rings is 1. The molecule has 0 amide bonds. The highest BCUT2D eigenvalue weighted by Gasteiger charge is 2.40. The predicted octanol–water partition coefficient (Wildman–Crippen LogP) is 2.21. The number of hydrogen-bond acceptors (Lipinski definition) is 9. The largest absolute Gasteiger partial charge is 0.369 e. The number of aromatic nitrogens is 5. The normalized spacial score (nSPS) is 22.4. The van der Waals surface area contributed by atoms with Gasteiger partial charge in [-0.3, -0.25) is 0 Å². The van der Waals surface area contributed by atoms with E-state index in [1.807, 2.05) is 17.2 Å². The molecule has 10 nitrogen and oxygen atoms in total. The van der Waals surface area contributed by atoms with Crippen LogP contribution in [0.1, 0.15) is 36.6 Å². The van der Waals surface area contributed by atoms with E-state index in [4.69, 9.17) is 4.98 Å². The summed E-state index contributed by atoms with van der Waals surface area (Å²) in [5, 5.41) is 0. The zero-order valence-electron chi connectivity index (χ0n) is 20.0. The monoisotopic (exact) mass is 510 g/mol. The summed E-state index contributed by atoms with van der Waals surface area (Å²) in [4.78, 5) is 26.5. The first kappa shape index (κ1) is 23.2. The Bertz CT molecular complexity index is 1380. The minimum atomic E-state index is -3.23. The van der Waals surface area contributed by atoms with Crippen LogP contribution < -0.4 is 9.80 Å². The van der Waals surface area contributed by atoms with E-state index in [0.29, 0.717) is 43.6 Å². The van der Waals surface area contributed by atoms with Crippen molar-refractivity contribution in [2.75, 3.05) is 42.2 Å². The first-order valence-corrected chi connectivity index (χ1v) is 14.0. The van der Waals surface area contributed by atoms with Gasteiger partial charge < -0.3 is 9.80 Å². The molecule has 2 atom stereocenters. The quantitative estimate of drug-likeness (QED) is 0.488. The summed E-state index contributed by atoms with van der Waals surface area (Å²) in [6.45, 7) is 1.77. The molecular formula is C24H27FN8O2S.